The highest BCUT2D eigenvalue weighted by Gasteiger charge is 2.48. The predicted octanol–water partition coefficient (Wildman–Crippen LogP) is 0.397. The molecule has 2 fully saturated rings. The number of esters is 1. The number of likely N-dealkylation sites (tertiary alicyclic amines) is 1. The van der Waals surface area contributed by atoms with Gasteiger partial charge in [-0.2, -0.15) is 0 Å². The van der Waals surface area contributed by atoms with Gasteiger partial charge in [-0.15, -0.1) is 0 Å². The van der Waals surface area contributed by atoms with Gasteiger partial charge < -0.3 is 9.64 Å². The van der Waals surface area contributed by atoms with E-state index in [-0.39, 0.29) is 11.6 Å². The molecule has 0 spiro atoms. The molecule has 1 aliphatic carbocycles. The van der Waals surface area contributed by atoms with E-state index in [4.69, 9.17) is 4.74 Å². The fourth-order valence-electron chi connectivity index (χ4n) is 3.32. The van der Waals surface area contributed by atoms with Crippen LogP contribution in [0.2, 0.25) is 0 Å². The molecule has 1 saturated carbocycles. The van der Waals surface area contributed by atoms with Crippen molar-refractivity contribution in [1.29, 1.82) is 0 Å². The van der Waals surface area contributed by atoms with Crippen molar-refractivity contribution in [3.05, 3.63) is 0 Å². The summed E-state index contributed by atoms with van der Waals surface area (Å²) in [6.45, 7) is 3.86. The Kier molecular flexibility index (Phi) is 3.01. The number of fused-ring (bicyclic) bond motifs is 1. The average Bonchev–Trinajstić information content (AvgIpc) is 2.17. The maximum atomic E-state index is 11.2. The fourth-order valence-corrected chi connectivity index (χ4v) is 3.32. The number of carbonyl (C=O) groups is 1. The zero-order valence-electron chi connectivity index (χ0n) is 9.84. The zero-order chi connectivity index (χ0) is 10.9. The molecule has 0 aromatic carbocycles. The quantitative estimate of drug-likeness (QED) is 0.638. The Morgan fingerprint density at radius 1 is 1.40 bits per heavy atom. The molecule has 0 bridgehead atoms. The summed E-state index contributed by atoms with van der Waals surface area (Å²) in [5.74, 6) is 0.505. The van der Waals surface area contributed by atoms with Crippen molar-refractivity contribution < 1.29 is 14.4 Å². The normalized spacial score (nSPS) is 40.7. The Bertz CT molecular complexity index is 254. The van der Waals surface area contributed by atoms with Gasteiger partial charge >= 0.3 is 5.97 Å². The van der Waals surface area contributed by atoms with Crippen molar-refractivity contribution in [3.8, 4) is 0 Å². The van der Waals surface area contributed by atoms with Crippen LogP contribution in [0, 0.1) is 5.92 Å². The number of ether oxygens (including phenoxy) is 1. The minimum absolute atomic E-state index is 0.0937. The highest BCUT2D eigenvalue weighted by Crippen LogP contribution is 2.39. The van der Waals surface area contributed by atoms with E-state index < -0.39 is 0 Å². The molecule has 86 valence electrons. The number of quaternary nitrogens is 1. The van der Waals surface area contributed by atoms with Crippen LogP contribution in [0.15, 0.2) is 0 Å². The lowest BCUT2D eigenvalue weighted by molar-refractivity contribution is -0.892. The number of carbonyl (C=O) groups excluding carboxylic acids is 1. The first-order valence-corrected chi connectivity index (χ1v) is 6.13. The van der Waals surface area contributed by atoms with Crippen molar-refractivity contribution >= 4 is 5.97 Å². The molecule has 2 aliphatic rings. The van der Waals surface area contributed by atoms with Crippen molar-refractivity contribution in [2.45, 2.75) is 44.6 Å². The summed E-state index contributed by atoms with van der Waals surface area (Å²) in [5, 5.41) is 0. The number of rotatable bonds is 1. The van der Waals surface area contributed by atoms with Crippen LogP contribution in [0.3, 0.4) is 0 Å². The summed E-state index contributed by atoms with van der Waals surface area (Å²) in [7, 11) is 2.24. The Balaban J connectivity index is 2.12. The number of hydrogen-bond donors (Lipinski definition) is 1. The SMILES string of the molecule is CC(=O)O[C@]12CCCC[C@H]1C[NH+](C)CC2. The predicted molar refractivity (Wildman–Crippen MR) is 57.7 cm³/mol. The van der Waals surface area contributed by atoms with Crippen LogP contribution in [0.5, 0.6) is 0 Å². The topological polar surface area (TPSA) is 30.7 Å². The molecule has 0 aromatic rings. The van der Waals surface area contributed by atoms with E-state index >= 15 is 0 Å². The third-order valence-electron chi connectivity index (χ3n) is 4.06. The van der Waals surface area contributed by atoms with Crippen LogP contribution in [0.4, 0.5) is 0 Å². The van der Waals surface area contributed by atoms with Crippen LogP contribution in [-0.2, 0) is 9.53 Å². The van der Waals surface area contributed by atoms with Gasteiger partial charge in [0.25, 0.3) is 0 Å². The number of piperidine rings is 1. The van der Waals surface area contributed by atoms with Gasteiger partial charge in [-0.25, -0.2) is 0 Å². The van der Waals surface area contributed by atoms with Gasteiger partial charge in [0, 0.05) is 19.3 Å². The smallest absolute Gasteiger partial charge is 0.303 e. The average molecular weight is 212 g/mol. The standard InChI is InChI=1S/C12H21NO2/c1-10(14)15-12-6-4-3-5-11(12)9-13(2)8-7-12/h11H,3-9H2,1-2H3/p+1/t11-,12-/m0/s1. The first-order chi connectivity index (χ1) is 7.12. The minimum Gasteiger partial charge on any atom is -0.458 e. The van der Waals surface area contributed by atoms with E-state index in [1.165, 1.54) is 25.8 Å². The molecule has 3 nitrogen and oxygen atoms in total. The van der Waals surface area contributed by atoms with Crippen LogP contribution in [0.1, 0.15) is 39.0 Å². The molecular formula is C12H22NO2+. The second kappa shape index (κ2) is 4.12. The largest absolute Gasteiger partial charge is 0.458 e. The minimum atomic E-state index is -0.0959. The van der Waals surface area contributed by atoms with Gasteiger partial charge in [0.15, 0.2) is 0 Å². The number of nitrogens with one attached hydrogen (secondary N) is 1. The summed E-state index contributed by atoms with van der Waals surface area (Å²) in [4.78, 5) is 12.8. The number of hydrogen-bond acceptors (Lipinski definition) is 2. The van der Waals surface area contributed by atoms with Crippen LogP contribution in [0.25, 0.3) is 0 Å². The first-order valence-electron chi connectivity index (χ1n) is 6.13. The molecule has 2 rings (SSSR count). The molecule has 1 unspecified atom stereocenters. The van der Waals surface area contributed by atoms with Crippen molar-refractivity contribution in [3.63, 3.8) is 0 Å². The second-order valence-electron chi connectivity index (χ2n) is 5.26. The Morgan fingerprint density at radius 2 is 2.20 bits per heavy atom. The summed E-state index contributed by atoms with van der Waals surface area (Å²) in [6.07, 6.45) is 5.92. The van der Waals surface area contributed by atoms with Crippen LogP contribution in [-0.4, -0.2) is 31.7 Å². The molecular weight excluding hydrogens is 190 g/mol. The first kappa shape index (κ1) is 10.9. The molecule has 1 N–H and O–H groups in total. The summed E-state index contributed by atoms with van der Waals surface area (Å²) >= 11 is 0. The molecule has 15 heavy (non-hydrogen) atoms. The van der Waals surface area contributed by atoms with Gasteiger partial charge in [-0.3, -0.25) is 4.79 Å². The molecule has 1 aliphatic heterocycles. The highest BCUT2D eigenvalue weighted by atomic mass is 16.6. The summed E-state index contributed by atoms with van der Waals surface area (Å²) in [6, 6.07) is 0. The molecule has 3 atom stereocenters. The molecule has 1 saturated heterocycles. The molecule has 0 radical (unpaired) electrons. The lowest BCUT2D eigenvalue weighted by atomic mass is 9.71. The maximum Gasteiger partial charge on any atom is 0.303 e. The Hall–Kier alpha value is -0.570. The van der Waals surface area contributed by atoms with Crippen molar-refractivity contribution in [2.24, 2.45) is 5.92 Å². The molecule has 0 aromatic heterocycles. The Morgan fingerprint density at radius 3 is 2.93 bits per heavy atom. The van der Waals surface area contributed by atoms with E-state index in [1.54, 1.807) is 11.8 Å². The third kappa shape index (κ3) is 2.17. The van der Waals surface area contributed by atoms with E-state index in [0.29, 0.717) is 5.92 Å². The van der Waals surface area contributed by atoms with Gasteiger partial charge in [0.1, 0.15) is 5.60 Å². The molecule has 1 heterocycles. The van der Waals surface area contributed by atoms with E-state index in [1.807, 2.05) is 0 Å². The van der Waals surface area contributed by atoms with Crippen LogP contribution >= 0.6 is 0 Å². The summed E-state index contributed by atoms with van der Waals surface area (Å²) in [5.41, 5.74) is -0.0937. The van der Waals surface area contributed by atoms with E-state index in [0.717, 1.165) is 19.4 Å². The van der Waals surface area contributed by atoms with Gasteiger partial charge in [-0.1, -0.05) is 6.42 Å². The molecule has 0 amide bonds. The zero-order valence-corrected chi connectivity index (χ0v) is 9.84. The fraction of sp³-hybridized carbons (Fsp3) is 0.917. The monoisotopic (exact) mass is 212 g/mol. The lowest BCUT2D eigenvalue weighted by Crippen LogP contribution is -3.12. The van der Waals surface area contributed by atoms with Gasteiger partial charge in [-0.05, 0) is 19.3 Å². The van der Waals surface area contributed by atoms with Crippen molar-refractivity contribution in [2.75, 3.05) is 20.1 Å². The van der Waals surface area contributed by atoms with Gasteiger partial charge in [0.2, 0.25) is 0 Å². The maximum absolute atomic E-state index is 11.2. The lowest BCUT2D eigenvalue weighted by Gasteiger charge is -2.46. The van der Waals surface area contributed by atoms with Crippen molar-refractivity contribution in [1.82, 2.24) is 0 Å². The second-order valence-corrected chi connectivity index (χ2v) is 5.26. The molecule has 3 heteroatoms. The third-order valence-corrected chi connectivity index (χ3v) is 4.06. The van der Waals surface area contributed by atoms with E-state index in [9.17, 15) is 4.79 Å². The van der Waals surface area contributed by atoms with Gasteiger partial charge in [0.05, 0.1) is 20.1 Å². The summed E-state index contributed by atoms with van der Waals surface area (Å²) < 4.78 is 5.68. The van der Waals surface area contributed by atoms with E-state index in [2.05, 4.69) is 7.05 Å². The highest BCUT2D eigenvalue weighted by molar-refractivity contribution is 5.66. The Labute approximate surface area is 91.8 Å². The van der Waals surface area contributed by atoms with Crippen LogP contribution < -0.4 is 4.90 Å².